The molecule has 0 saturated carbocycles. The Morgan fingerprint density at radius 2 is 2.20 bits per heavy atom. The van der Waals surface area contributed by atoms with Crippen LogP contribution in [0, 0.1) is 0 Å². The van der Waals surface area contributed by atoms with Crippen molar-refractivity contribution in [2.75, 3.05) is 7.11 Å². The van der Waals surface area contributed by atoms with Gasteiger partial charge in [-0.3, -0.25) is 0 Å². The molecule has 2 N–H and O–H groups in total. The van der Waals surface area contributed by atoms with E-state index in [0.29, 0.717) is 0 Å². The normalized spacial score (nSPS) is 20.6. The van der Waals surface area contributed by atoms with E-state index in [2.05, 4.69) is 15.9 Å². The predicted octanol–water partition coefficient (Wildman–Crippen LogP) is 3.18. The molecule has 82 valence electrons. The van der Waals surface area contributed by atoms with Crippen LogP contribution in [0.1, 0.15) is 36.4 Å². The summed E-state index contributed by atoms with van der Waals surface area (Å²) in [5, 5.41) is 0. The molecule has 0 saturated heterocycles. The fraction of sp³-hybridized carbons (Fsp3) is 0.500. The van der Waals surface area contributed by atoms with Crippen molar-refractivity contribution in [3.8, 4) is 5.75 Å². The van der Waals surface area contributed by atoms with Crippen LogP contribution in [0.15, 0.2) is 16.6 Å². The number of hydrogen-bond donors (Lipinski definition) is 1. The molecule has 0 spiro atoms. The Morgan fingerprint density at radius 1 is 1.40 bits per heavy atom. The average molecular weight is 270 g/mol. The predicted molar refractivity (Wildman–Crippen MR) is 65.2 cm³/mol. The van der Waals surface area contributed by atoms with Crippen molar-refractivity contribution in [3.05, 3.63) is 27.7 Å². The van der Waals surface area contributed by atoms with Crippen LogP contribution in [-0.2, 0) is 6.42 Å². The molecule has 2 nitrogen and oxygen atoms in total. The average Bonchev–Trinajstić information content (AvgIpc) is 2.42. The van der Waals surface area contributed by atoms with E-state index >= 15 is 0 Å². The van der Waals surface area contributed by atoms with Crippen molar-refractivity contribution in [2.45, 2.75) is 31.7 Å². The second kappa shape index (κ2) is 4.54. The fourth-order valence-corrected chi connectivity index (χ4v) is 2.94. The fourth-order valence-electron chi connectivity index (χ4n) is 2.28. The van der Waals surface area contributed by atoms with E-state index in [-0.39, 0.29) is 6.04 Å². The van der Waals surface area contributed by atoms with Crippen LogP contribution < -0.4 is 10.5 Å². The lowest BCUT2D eigenvalue weighted by Crippen LogP contribution is -2.11. The van der Waals surface area contributed by atoms with Gasteiger partial charge in [0.15, 0.2) is 0 Å². The highest BCUT2D eigenvalue weighted by molar-refractivity contribution is 9.10. The third kappa shape index (κ3) is 2.04. The van der Waals surface area contributed by atoms with Gasteiger partial charge in [0.1, 0.15) is 5.75 Å². The standard InChI is InChI=1S/C12H16BrNO/c1-15-11-7-6-9(13)12-8(11)4-2-3-5-10(12)14/h6-7,10H,2-5,14H2,1H3/t10-/m1/s1. The molecule has 0 fully saturated rings. The monoisotopic (exact) mass is 269 g/mol. The molecule has 1 aliphatic carbocycles. The summed E-state index contributed by atoms with van der Waals surface area (Å²) in [6.07, 6.45) is 4.55. The summed E-state index contributed by atoms with van der Waals surface area (Å²) in [6.45, 7) is 0. The Morgan fingerprint density at radius 3 is 2.93 bits per heavy atom. The van der Waals surface area contributed by atoms with E-state index in [1.807, 2.05) is 12.1 Å². The van der Waals surface area contributed by atoms with E-state index in [4.69, 9.17) is 10.5 Å². The highest BCUT2D eigenvalue weighted by Gasteiger charge is 2.20. The summed E-state index contributed by atoms with van der Waals surface area (Å²) in [7, 11) is 1.72. The van der Waals surface area contributed by atoms with Crippen molar-refractivity contribution < 1.29 is 4.74 Å². The summed E-state index contributed by atoms with van der Waals surface area (Å²) in [4.78, 5) is 0. The molecule has 3 heteroatoms. The highest BCUT2D eigenvalue weighted by Crippen LogP contribution is 2.37. The van der Waals surface area contributed by atoms with Gasteiger partial charge in [-0.25, -0.2) is 0 Å². The van der Waals surface area contributed by atoms with Crippen LogP contribution in [0.25, 0.3) is 0 Å². The number of fused-ring (bicyclic) bond motifs is 1. The molecule has 0 heterocycles. The largest absolute Gasteiger partial charge is 0.496 e. The maximum atomic E-state index is 6.19. The van der Waals surface area contributed by atoms with Crippen LogP contribution in [-0.4, -0.2) is 7.11 Å². The Bertz CT molecular complexity index is 365. The smallest absolute Gasteiger partial charge is 0.122 e. The minimum Gasteiger partial charge on any atom is -0.496 e. The van der Waals surface area contributed by atoms with Crippen LogP contribution in [0.4, 0.5) is 0 Å². The Hall–Kier alpha value is -0.540. The number of benzene rings is 1. The lowest BCUT2D eigenvalue weighted by atomic mass is 9.99. The molecule has 1 atom stereocenters. The third-order valence-electron chi connectivity index (χ3n) is 3.04. The zero-order valence-electron chi connectivity index (χ0n) is 8.92. The lowest BCUT2D eigenvalue weighted by molar-refractivity contribution is 0.408. The Kier molecular flexibility index (Phi) is 3.32. The Labute approximate surface area is 98.9 Å². The zero-order chi connectivity index (χ0) is 10.8. The maximum absolute atomic E-state index is 6.19. The van der Waals surface area contributed by atoms with E-state index < -0.39 is 0 Å². The third-order valence-corrected chi connectivity index (χ3v) is 3.73. The summed E-state index contributed by atoms with van der Waals surface area (Å²) in [5.41, 5.74) is 8.72. The molecule has 0 aliphatic heterocycles. The van der Waals surface area contributed by atoms with Gasteiger partial charge in [0.2, 0.25) is 0 Å². The molecule has 0 radical (unpaired) electrons. The highest BCUT2D eigenvalue weighted by atomic mass is 79.9. The molecule has 1 aromatic rings. The van der Waals surface area contributed by atoms with Gasteiger partial charge in [0.05, 0.1) is 7.11 Å². The molecule has 0 amide bonds. The molecule has 0 aromatic heterocycles. The molecule has 1 aromatic carbocycles. The van der Waals surface area contributed by atoms with Crippen LogP contribution in [0.2, 0.25) is 0 Å². The van der Waals surface area contributed by atoms with Crippen molar-refractivity contribution in [1.29, 1.82) is 0 Å². The van der Waals surface area contributed by atoms with Crippen molar-refractivity contribution in [1.82, 2.24) is 0 Å². The molecule has 1 aliphatic rings. The molecule has 2 rings (SSSR count). The lowest BCUT2D eigenvalue weighted by Gasteiger charge is -2.17. The first kappa shape index (κ1) is 11.0. The minimum absolute atomic E-state index is 0.145. The summed E-state index contributed by atoms with van der Waals surface area (Å²) >= 11 is 3.58. The van der Waals surface area contributed by atoms with Gasteiger partial charge in [-0.1, -0.05) is 22.4 Å². The van der Waals surface area contributed by atoms with E-state index in [9.17, 15) is 0 Å². The van der Waals surface area contributed by atoms with Crippen LogP contribution in [0.3, 0.4) is 0 Å². The topological polar surface area (TPSA) is 35.2 Å². The first-order chi connectivity index (χ1) is 7.24. The minimum atomic E-state index is 0.145. The molecule has 0 unspecified atom stereocenters. The van der Waals surface area contributed by atoms with Gasteiger partial charge < -0.3 is 10.5 Å². The quantitative estimate of drug-likeness (QED) is 0.795. The van der Waals surface area contributed by atoms with Crippen LogP contribution >= 0.6 is 15.9 Å². The van der Waals surface area contributed by atoms with Gasteiger partial charge in [-0.2, -0.15) is 0 Å². The van der Waals surface area contributed by atoms with E-state index in [0.717, 1.165) is 23.1 Å². The summed E-state index contributed by atoms with van der Waals surface area (Å²) in [6, 6.07) is 4.19. The molecular weight excluding hydrogens is 254 g/mol. The van der Waals surface area contributed by atoms with Crippen molar-refractivity contribution in [3.63, 3.8) is 0 Å². The maximum Gasteiger partial charge on any atom is 0.122 e. The van der Waals surface area contributed by atoms with Crippen LogP contribution in [0.5, 0.6) is 5.75 Å². The first-order valence-electron chi connectivity index (χ1n) is 5.35. The van der Waals surface area contributed by atoms with Gasteiger partial charge in [0.25, 0.3) is 0 Å². The number of nitrogens with two attached hydrogens (primary N) is 1. The second-order valence-corrected chi connectivity index (χ2v) is 4.85. The molecule has 15 heavy (non-hydrogen) atoms. The SMILES string of the molecule is COc1ccc(Br)c2c1CCCC[C@H]2N. The molecule has 0 bridgehead atoms. The zero-order valence-corrected chi connectivity index (χ0v) is 10.5. The van der Waals surface area contributed by atoms with Gasteiger partial charge in [0, 0.05) is 10.5 Å². The van der Waals surface area contributed by atoms with Gasteiger partial charge >= 0.3 is 0 Å². The Balaban J connectivity index is 2.55. The summed E-state index contributed by atoms with van der Waals surface area (Å²) in [5.74, 6) is 0.977. The second-order valence-electron chi connectivity index (χ2n) is 3.99. The number of methoxy groups -OCH3 is 1. The van der Waals surface area contributed by atoms with E-state index in [1.165, 1.54) is 24.0 Å². The van der Waals surface area contributed by atoms with Gasteiger partial charge in [-0.15, -0.1) is 0 Å². The summed E-state index contributed by atoms with van der Waals surface area (Å²) < 4.78 is 6.51. The number of halogens is 1. The van der Waals surface area contributed by atoms with E-state index in [1.54, 1.807) is 7.11 Å². The van der Waals surface area contributed by atoms with Crippen molar-refractivity contribution in [2.24, 2.45) is 5.73 Å². The number of rotatable bonds is 1. The van der Waals surface area contributed by atoms with Gasteiger partial charge in [-0.05, 0) is 42.5 Å². The number of hydrogen-bond acceptors (Lipinski definition) is 2. The van der Waals surface area contributed by atoms with Crippen molar-refractivity contribution >= 4 is 15.9 Å². The first-order valence-corrected chi connectivity index (χ1v) is 6.14. The number of ether oxygens (including phenoxy) is 1. The molecular formula is C12H16BrNO.